The van der Waals surface area contributed by atoms with Crippen molar-refractivity contribution in [1.82, 2.24) is 0 Å². The Labute approximate surface area is 234 Å². The number of hydrogen-bond donors (Lipinski definition) is 3. The van der Waals surface area contributed by atoms with Crippen molar-refractivity contribution in [3.8, 4) is 17.2 Å². The van der Waals surface area contributed by atoms with Crippen molar-refractivity contribution in [3.63, 3.8) is 0 Å². The van der Waals surface area contributed by atoms with Gasteiger partial charge in [0, 0.05) is 13.0 Å². The summed E-state index contributed by atoms with van der Waals surface area (Å²) in [6.45, 7) is 3.21. The number of fused-ring (bicyclic) bond motifs is 2. The van der Waals surface area contributed by atoms with Crippen LogP contribution in [0.2, 0.25) is 0 Å². The molecule has 4 rings (SSSR count). The lowest BCUT2D eigenvalue weighted by molar-refractivity contribution is -0.466. The van der Waals surface area contributed by atoms with Crippen LogP contribution >= 0.6 is 0 Å². The summed E-state index contributed by atoms with van der Waals surface area (Å²) in [5.74, 6) is 1.44. The summed E-state index contributed by atoms with van der Waals surface area (Å²) in [5, 5.41) is 11.2. The Morgan fingerprint density at radius 1 is 0.975 bits per heavy atom. The minimum atomic E-state index is -1.20. The molecule has 0 radical (unpaired) electrons. The number of rotatable bonds is 9. The molecule has 0 fully saturated rings. The highest BCUT2D eigenvalue weighted by molar-refractivity contribution is 5.89. The minimum absolute atomic E-state index is 0.0267. The van der Waals surface area contributed by atoms with Crippen molar-refractivity contribution < 1.29 is 28.7 Å². The molecular formula is C29H36N6O5. The standard InChI is InChI=1S/C25H25NO5.C4H11N5/c1-2-29-24(25(27)28)17-18-11-13-19(14-12-18)30-16-15-26-20-7-3-5-9-22(20)31-23-10-6-4-8-21(23)26;1-9(2)4(7)8-3(5)6/h3-14,24H,2,15-17H2,1H3,(H,27,28);1-2H3,(H5,5,6,7,8)/t24-;/m0./s1. The molecule has 40 heavy (non-hydrogen) atoms. The van der Waals surface area contributed by atoms with Gasteiger partial charge in [-0.3, -0.25) is 10.3 Å². The third kappa shape index (κ3) is 8.37. The van der Waals surface area contributed by atoms with Crippen molar-refractivity contribution >= 4 is 29.3 Å². The number of para-hydroxylation sites is 4. The van der Waals surface area contributed by atoms with Gasteiger partial charge in [-0.05, 0) is 53.9 Å². The molecule has 0 amide bonds. The van der Waals surface area contributed by atoms with Crippen LogP contribution in [0.25, 0.3) is 0 Å². The van der Waals surface area contributed by atoms with Crippen LogP contribution in [0.4, 0.5) is 11.4 Å². The zero-order valence-corrected chi connectivity index (χ0v) is 22.9. The first-order valence-electron chi connectivity index (χ1n) is 12.8. The normalized spacial score (nSPS) is 11.9. The van der Waals surface area contributed by atoms with Crippen LogP contribution in [0.1, 0.15) is 12.5 Å². The fraction of sp³-hybridized carbons (Fsp3) is 0.276. The van der Waals surface area contributed by atoms with Crippen LogP contribution < -0.4 is 36.7 Å². The molecule has 1 atom stereocenters. The van der Waals surface area contributed by atoms with Crippen molar-refractivity contribution in [3.05, 3.63) is 78.4 Å². The van der Waals surface area contributed by atoms with Gasteiger partial charge in [0.2, 0.25) is 0 Å². The summed E-state index contributed by atoms with van der Waals surface area (Å²) in [6, 6.07) is 23.3. The molecule has 3 aromatic rings. The summed E-state index contributed by atoms with van der Waals surface area (Å²) in [7, 11) is 3.50. The number of nitrogens with two attached hydrogens (primary N) is 3. The number of hydrogen-bond acceptors (Lipinski definition) is 6. The Hall–Kier alpha value is -4.77. The van der Waals surface area contributed by atoms with E-state index < -0.39 is 12.1 Å². The third-order valence-corrected chi connectivity index (χ3v) is 5.79. The average Bonchev–Trinajstić information content (AvgIpc) is 2.93. The molecule has 0 unspecified atom stereocenters. The monoisotopic (exact) mass is 548 g/mol. The Balaban J connectivity index is 0.000000424. The van der Waals surface area contributed by atoms with Crippen LogP contribution in [0.3, 0.4) is 0 Å². The van der Waals surface area contributed by atoms with Gasteiger partial charge in [0.05, 0.1) is 38.0 Å². The first kappa shape index (κ1) is 29.8. The number of anilines is 2. The highest BCUT2D eigenvalue weighted by Gasteiger charge is 2.23. The van der Waals surface area contributed by atoms with Crippen molar-refractivity contribution in [2.24, 2.45) is 22.2 Å². The number of carboxylic acid groups (broad SMARTS) is 1. The number of nitrogens with zero attached hydrogens (tertiary/aromatic N) is 3. The molecule has 212 valence electrons. The summed E-state index contributed by atoms with van der Waals surface area (Å²) >= 11 is 0. The van der Waals surface area contributed by atoms with E-state index >= 15 is 0 Å². The van der Waals surface area contributed by atoms with Gasteiger partial charge in [-0.1, -0.05) is 36.4 Å². The number of carbonyl (C=O) groups is 1. The Kier molecular flexibility index (Phi) is 10.7. The molecule has 0 saturated carbocycles. The number of guanidine groups is 2. The zero-order valence-electron chi connectivity index (χ0n) is 22.9. The Morgan fingerprint density at radius 2 is 1.55 bits per heavy atom. The van der Waals surface area contributed by atoms with Gasteiger partial charge in [0.25, 0.3) is 5.96 Å². The second kappa shape index (κ2) is 14.4. The number of aliphatic imine (C=N–C) groups is 1. The third-order valence-electron chi connectivity index (χ3n) is 5.79. The molecule has 0 aliphatic carbocycles. The molecule has 11 nitrogen and oxygen atoms in total. The molecule has 11 heteroatoms. The lowest BCUT2D eigenvalue weighted by Gasteiger charge is -2.32. The van der Waals surface area contributed by atoms with Crippen LogP contribution in [-0.4, -0.2) is 62.4 Å². The SMILES string of the molecule is CCO[C@@H](Cc1ccc(OCCN2c3ccccc3Oc3ccccc32)cc1)C(=O)[O-].C[N+](C)=C(N)N=C(N)N. The number of carboxylic acids is 1. The van der Waals surface area contributed by atoms with Crippen molar-refractivity contribution in [1.29, 1.82) is 0 Å². The smallest absolute Gasteiger partial charge is 0.387 e. The fourth-order valence-electron chi connectivity index (χ4n) is 3.86. The van der Waals surface area contributed by atoms with Gasteiger partial charge in [0.1, 0.15) is 18.5 Å². The number of carbonyl (C=O) groups excluding carboxylic acids is 1. The van der Waals surface area contributed by atoms with E-state index in [-0.39, 0.29) is 12.4 Å². The lowest BCUT2D eigenvalue weighted by atomic mass is 10.1. The zero-order chi connectivity index (χ0) is 29.1. The van der Waals surface area contributed by atoms with Crippen molar-refractivity contribution in [2.45, 2.75) is 19.4 Å². The van der Waals surface area contributed by atoms with E-state index in [1.54, 1.807) is 25.6 Å². The van der Waals surface area contributed by atoms with Crippen LogP contribution in [0.5, 0.6) is 17.2 Å². The Morgan fingerprint density at radius 3 is 2.02 bits per heavy atom. The van der Waals surface area contributed by atoms with E-state index in [0.29, 0.717) is 25.7 Å². The van der Waals surface area contributed by atoms with Gasteiger partial charge in [-0.2, -0.15) is 0 Å². The highest BCUT2D eigenvalue weighted by atomic mass is 16.5. The first-order chi connectivity index (χ1) is 19.2. The highest BCUT2D eigenvalue weighted by Crippen LogP contribution is 2.45. The quantitative estimate of drug-likeness (QED) is 0.204. The predicted octanol–water partition coefficient (Wildman–Crippen LogP) is 1.55. The Bertz CT molecular complexity index is 1290. The minimum Gasteiger partial charge on any atom is -0.547 e. The predicted molar refractivity (Wildman–Crippen MR) is 153 cm³/mol. The maximum atomic E-state index is 11.2. The van der Waals surface area contributed by atoms with E-state index in [9.17, 15) is 9.90 Å². The van der Waals surface area contributed by atoms with E-state index in [1.807, 2.05) is 72.8 Å². The van der Waals surface area contributed by atoms with E-state index in [0.717, 1.165) is 34.2 Å². The van der Waals surface area contributed by atoms with Gasteiger partial charge >= 0.3 is 5.96 Å². The molecular weight excluding hydrogens is 512 g/mol. The molecule has 6 N–H and O–H groups in total. The van der Waals surface area contributed by atoms with E-state index in [2.05, 4.69) is 9.89 Å². The molecule has 0 saturated heterocycles. The van der Waals surface area contributed by atoms with Gasteiger partial charge in [-0.15, -0.1) is 0 Å². The van der Waals surface area contributed by atoms with Crippen LogP contribution in [0.15, 0.2) is 77.8 Å². The molecule has 3 aromatic carbocycles. The van der Waals surface area contributed by atoms with E-state index in [1.165, 1.54) is 0 Å². The lowest BCUT2D eigenvalue weighted by Crippen LogP contribution is -2.39. The maximum Gasteiger partial charge on any atom is 0.387 e. The molecule has 1 heterocycles. The van der Waals surface area contributed by atoms with Crippen LogP contribution in [0, 0.1) is 0 Å². The molecule has 1 aliphatic rings. The average molecular weight is 549 g/mol. The largest absolute Gasteiger partial charge is 0.547 e. The molecule has 0 spiro atoms. The van der Waals surface area contributed by atoms with Crippen molar-refractivity contribution in [2.75, 3.05) is 38.8 Å². The van der Waals surface area contributed by atoms with Gasteiger partial charge in [-0.25, -0.2) is 0 Å². The second-order valence-corrected chi connectivity index (χ2v) is 8.94. The maximum absolute atomic E-state index is 11.2. The first-order valence-corrected chi connectivity index (χ1v) is 12.8. The summed E-state index contributed by atoms with van der Waals surface area (Å²) in [6.07, 6.45) is -0.684. The van der Waals surface area contributed by atoms with Crippen LogP contribution in [-0.2, 0) is 16.0 Å². The molecule has 0 aromatic heterocycles. The van der Waals surface area contributed by atoms with E-state index in [4.69, 9.17) is 31.4 Å². The summed E-state index contributed by atoms with van der Waals surface area (Å²) in [5.41, 5.74) is 18.2. The van der Waals surface area contributed by atoms with Gasteiger partial charge in [0.15, 0.2) is 11.5 Å². The topological polar surface area (TPSA) is 164 Å². The molecule has 0 bridgehead atoms. The number of ether oxygens (including phenoxy) is 3. The van der Waals surface area contributed by atoms with Gasteiger partial charge < -0.3 is 40.5 Å². The summed E-state index contributed by atoms with van der Waals surface area (Å²) in [4.78, 5) is 16.9. The summed E-state index contributed by atoms with van der Waals surface area (Å²) < 4.78 is 18.8. The fourth-order valence-corrected chi connectivity index (χ4v) is 3.86. The molecule has 1 aliphatic heterocycles. The number of benzene rings is 3. The second-order valence-electron chi connectivity index (χ2n) is 8.94. The number of aliphatic carboxylic acids is 1.